The van der Waals surface area contributed by atoms with Crippen LogP contribution in [0.3, 0.4) is 0 Å². The Morgan fingerprint density at radius 3 is 2.67 bits per heavy atom. The first-order chi connectivity index (χ1) is 14.6. The van der Waals surface area contributed by atoms with Crippen molar-refractivity contribution < 1.29 is 9.53 Å². The third kappa shape index (κ3) is 5.67. The van der Waals surface area contributed by atoms with Crippen LogP contribution >= 0.6 is 0 Å². The molecular weight excluding hydrogens is 378 g/mol. The number of rotatable bonds is 8. The van der Waals surface area contributed by atoms with Crippen LogP contribution in [-0.4, -0.2) is 23.3 Å². The van der Waals surface area contributed by atoms with Gasteiger partial charge in [-0.25, -0.2) is 5.43 Å². The van der Waals surface area contributed by atoms with Crippen molar-refractivity contribution in [2.75, 3.05) is 6.61 Å². The predicted octanol–water partition coefficient (Wildman–Crippen LogP) is 3.76. The molecule has 1 aromatic heterocycles. The number of hydrazone groups is 1. The van der Waals surface area contributed by atoms with Gasteiger partial charge >= 0.3 is 0 Å². The van der Waals surface area contributed by atoms with E-state index in [1.54, 1.807) is 12.3 Å². The number of benzene rings is 2. The van der Waals surface area contributed by atoms with Gasteiger partial charge in [0, 0.05) is 6.20 Å². The fourth-order valence-electron chi connectivity index (χ4n) is 2.94. The summed E-state index contributed by atoms with van der Waals surface area (Å²) in [5.74, 6) is 0.245. The van der Waals surface area contributed by atoms with Gasteiger partial charge in [0.2, 0.25) is 0 Å². The molecule has 0 aliphatic rings. The monoisotopic (exact) mass is 403 g/mol. The Morgan fingerprint density at radius 1 is 1.13 bits per heavy atom. The minimum Gasteiger partial charge on any atom is -0.494 e. The highest BCUT2D eigenvalue weighted by Gasteiger charge is 2.11. The maximum absolute atomic E-state index is 12.7. The predicted molar refractivity (Wildman–Crippen MR) is 118 cm³/mol. The zero-order valence-electron chi connectivity index (χ0n) is 17.2. The molecule has 0 fully saturated rings. The summed E-state index contributed by atoms with van der Waals surface area (Å²) in [4.78, 5) is 25.1. The molecule has 0 spiro atoms. The van der Waals surface area contributed by atoms with Crippen LogP contribution < -0.4 is 15.7 Å². The van der Waals surface area contributed by atoms with Gasteiger partial charge in [0.25, 0.3) is 11.5 Å². The van der Waals surface area contributed by atoms with Crippen molar-refractivity contribution in [2.45, 2.75) is 26.8 Å². The van der Waals surface area contributed by atoms with Crippen LogP contribution in [-0.2, 0) is 6.54 Å². The van der Waals surface area contributed by atoms with Crippen molar-refractivity contribution in [1.29, 1.82) is 0 Å². The summed E-state index contributed by atoms with van der Waals surface area (Å²) < 4.78 is 7.05. The normalized spacial score (nSPS) is 10.9. The van der Waals surface area contributed by atoms with Crippen LogP contribution in [0.5, 0.6) is 5.75 Å². The molecule has 0 saturated carbocycles. The minimum atomic E-state index is -0.544. The van der Waals surface area contributed by atoms with E-state index >= 15 is 0 Å². The van der Waals surface area contributed by atoms with E-state index in [4.69, 9.17) is 4.74 Å². The summed E-state index contributed by atoms with van der Waals surface area (Å²) >= 11 is 0. The molecule has 0 saturated heterocycles. The quantitative estimate of drug-likeness (QED) is 0.460. The summed E-state index contributed by atoms with van der Waals surface area (Å²) in [6, 6.07) is 18.5. The fourth-order valence-corrected chi connectivity index (χ4v) is 2.94. The van der Waals surface area contributed by atoms with Crippen molar-refractivity contribution in [1.82, 2.24) is 9.99 Å². The van der Waals surface area contributed by atoms with Crippen LogP contribution in [0.2, 0.25) is 0 Å². The summed E-state index contributed by atoms with van der Waals surface area (Å²) in [5, 5.41) is 3.96. The molecule has 0 aliphatic heterocycles. The molecule has 0 aliphatic carbocycles. The third-order valence-electron chi connectivity index (χ3n) is 4.43. The summed E-state index contributed by atoms with van der Waals surface area (Å²) in [6.07, 6.45) is 4.14. The van der Waals surface area contributed by atoms with E-state index in [0.717, 1.165) is 28.9 Å². The van der Waals surface area contributed by atoms with Crippen LogP contribution in [0.1, 0.15) is 40.4 Å². The maximum Gasteiger partial charge on any atom is 0.276 e. The van der Waals surface area contributed by atoms with E-state index in [-0.39, 0.29) is 11.1 Å². The first-order valence-electron chi connectivity index (χ1n) is 9.88. The number of hydrogen-bond acceptors (Lipinski definition) is 4. The van der Waals surface area contributed by atoms with Crippen LogP contribution in [0.15, 0.2) is 76.8 Å². The highest BCUT2D eigenvalue weighted by Crippen LogP contribution is 2.11. The van der Waals surface area contributed by atoms with Crippen LogP contribution in [0.4, 0.5) is 0 Å². The smallest absolute Gasteiger partial charge is 0.276 e. The lowest BCUT2D eigenvalue weighted by Crippen LogP contribution is -2.30. The number of pyridine rings is 1. The Labute approximate surface area is 175 Å². The third-order valence-corrected chi connectivity index (χ3v) is 4.43. The summed E-state index contributed by atoms with van der Waals surface area (Å²) in [7, 11) is 0. The minimum absolute atomic E-state index is 0.0469. The van der Waals surface area contributed by atoms with Crippen LogP contribution in [0, 0.1) is 6.92 Å². The molecule has 1 heterocycles. The second-order valence-electron chi connectivity index (χ2n) is 6.96. The Bertz CT molecular complexity index is 1090. The van der Waals surface area contributed by atoms with Crippen LogP contribution in [0.25, 0.3) is 0 Å². The Hall–Kier alpha value is -3.67. The number of hydrogen-bond donors (Lipinski definition) is 1. The molecule has 6 heteroatoms. The molecule has 154 valence electrons. The lowest BCUT2D eigenvalue weighted by atomic mass is 10.1. The first kappa shape index (κ1) is 21.0. The van der Waals surface area contributed by atoms with Gasteiger partial charge in [-0.2, -0.15) is 5.10 Å². The molecule has 0 bridgehead atoms. The SMILES string of the molecule is CCCOc1ccc(/C=N\NC(=O)c2cccn(Cc3cccc(C)c3)c2=O)cc1. The zero-order chi connectivity index (χ0) is 21.3. The van der Waals surface area contributed by atoms with E-state index in [0.29, 0.717) is 13.2 Å². The van der Waals surface area contributed by atoms with Gasteiger partial charge in [0.15, 0.2) is 0 Å². The summed E-state index contributed by atoms with van der Waals surface area (Å²) in [6.45, 7) is 5.12. The number of carbonyl (C=O) groups is 1. The van der Waals surface area contributed by atoms with Gasteiger partial charge in [-0.05, 0) is 60.9 Å². The fraction of sp³-hybridized carbons (Fsp3) is 0.208. The highest BCUT2D eigenvalue weighted by atomic mass is 16.5. The Balaban J connectivity index is 1.65. The van der Waals surface area contributed by atoms with Gasteiger partial charge < -0.3 is 9.30 Å². The van der Waals surface area contributed by atoms with Crippen molar-refractivity contribution >= 4 is 12.1 Å². The molecule has 0 radical (unpaired) electrons. The largest absolute Gasteiger partial charge is 0.494 e. The number of amides is 1. The van der Waals surface area contributed by atoms with Gasteiger partial charge in [-0.1, -0.05) is 36.8 Å². The number of ether oxygens (including phenoxy) is 1. The van der Waals surface area contributed by atoms with Crippen molar-refractivity contribution in [2.24, 2.45) is 5.10 Å². The van der Waals surface area contributed by atoms with Gasteiger partial charge in [0.1, 0.15) is 11.3 Å². The maximum atomic E-state index is 12.7. The molecule has 2 aromatic carbocycles. The van der Waals surface area contributed by atoms with E-state index in [1.165, 1.54) is 16.8 Å². The molecule has 6 nitrogen and oxygen atoms in total. The number of aryl methyl sites for hydroxylation is 1. The summed E-state index contributed by atoms with van der Waals surface area (Å²) in [5.41, 5.74) is 5.04. The van der Waals surface area contributed by atoms with E-state index < -0.39 is 5.91 Å². The molecule has 3 aromatic rings. The number of aromatic nitrogens is 1. The number of carbonyl (C=O) groups excluding carboxylic acids is 1. The van der Waals surface area contributed by atoms with Gasteiger partial charge in [-0.3, -0.25) is 9.59 Å². The first-order valence-corrected chi connectivity index (χ1v) is 9.88. The standard InChI is InChI=1S/C24H25N3O3/c1-3-14-30-21-11-9-19(10-12-21)16-25-26-23(28)22-8-5-13-27(24(22)29)17-20-7-4-6-18(2)15-20/h4-13,15-16H,3,14,17H2,1-2H3,(H,26,28)/b25-16-. The lowest BCUT2D eigenvalue weighted by molar-refractivity contribution is 0.0953. The molecular formula is C24H25N3O3. The van der Waals surface area contributed by atoms with E-state index in [1.807, 2.05) is 62.4 Å². The average molecular weight is 403 g/mol. The molecule has 0 atom stereocenters. The zero-order valence-corrected chi connectivity index (χ0v) is 17.2. The molecule has 3 rings (SSSR count). The lowest BCUT2D eigenvalue weighted by Gasteiger charge is -2.08. The van der Waals surface area contributed by atoms with Crippen molar-refractivity contribution in [3.05, 3.63) is 99.5 Å². The van der Waals surface area contributed by atoms with Crippen molar-refractivity contribution in [3.63, 3.8) is 0 Å². The molecule has 1 amide bonds. The second-order valence-corrected chi connectivity index (χ2v) is 6.96. The topological polar surface area (TPSA) is 72.7 Å². The highest BCUT2D eigenvalue weighted by molar-refractivity contribution is 5.94. The molecule has 0 unspecified atom stereocenters. The second kappa shape index (κ2) is 10.2. The van der Waals surface area contributed by atoms with Gasteiger partial charge in [-0.15, -0.1) is 0 Å². The molecule has 30 heavy (non-hydrogen) atoms. The van der Waals surface area contributed by atoms with Gasteiger partial charge in [0.05, 0.1) is 19.4 Å². The van der Waals surface area contributed by atoms with E-state index in [2.05, 4.69) is 10.5 Å². The van der Waals surface area contributed by atoms with E-state index in [9.17, 15) is 9.59 Å². The van der Waals surface area contributed by atoms with Crippen molar-refractivity contribution in [3.8, 4) is 5.75 Å². The molecule has 1 N–H and O–H groups in total. The Kier molecular flexibility index (Phi) is 7.16. The number of nitrogens with one attached hydrogen (secondary N) is 1. The number of nitrogens with zero attached hydrogens (tertiary/aromatic N) is 2. The Morgan fingerprint density at radius 2 is 1.93 bits per heavy atom. The average Bonchev–Trinajstić information content (AvgIpc) is 2.74.